The van der Waals surface area contributed by atoms with Crippen molar-refractivity contribution in [3.63, 3.8) is 0 Å². The van der Waals surface area contributed by atoms with E-state index in [1.54, 1.807) is 0 Å². The molecule has 0 radical (unpaired) electrons. The number of nitrogens with zero attached hydrogens (tertiary/aromatic N) is 1. The van der Waals surface area contributed by atoms with Crippen LogP contribution in [0.1, 0.15) is 35.1 Å². The zero-order chi connectivity index (χ0) is 19.6. The minimum absolute atomic E-state index is 0.0101. The molecule has 2 heterocycles. The van der Waals surface area contributed by atoms with E-state index in [0.717, 1.165) is 29.7 Å². The Balaban J connectivity index is 1.32. The van der Waals surface area contributed by atoms with Crippen LogP contribution in [0, 0.1) is 13.8 Å². The minimum Gasteiger partial charge on any atom is -0.334 e. The number of urea groups is 1. The van der Waals surface area contributed by atoms with Gasteiger partial charge in [0.05, 0.1) is 5.70 Å². The summed E-state index contributed by atoms with van der Waals surface area (Å²) in [5.74, 6) is 0. The molecule has 0 aliphatic carbocycles. The molecule has 2 aliphatic heterocycles. The molecule has 5 heteroatoms. The molecule has 146 valence electrons. The minimum atomic E-state index is -0.325. The smallest absolute Gasteiger partial charge is 0.317 e. The second kappa shape index (κ2) is 7.68. The van der Waals surface area contributed by atoms with E-state index >= 15 is 0 Å². The van der Waals surface area contributed by atoms with E-state index in [1.807, 2.05) is 4.90 Å². The zero-order valence-electron chi connectivity index (χ0n) is 16.5. The molecule has 0 atom stereocenters. The first-order valence-corrected chi connectivity index (χ1v) is 9.85. The first-order chi connectivity index (χ1) is 13.5. The van der Waals surface area contributed by atoms with Crippen LogP contribution in [0.25, 0.3) is 5.70 Å². The molecule has 4 rings (SSSR count). The summed E-state index contributed by atoms with van der Waals surface area (Å²) in [6, 6.07) is 16.6. The van der Waals surface area contributed by atoms with Crippen LogP contribution in [0.15, 0.2) is 54.6 Å². The van der Waals surface area contributed by atoms with Gasteiger partial charge in [0.1, 0.15) is 5.60 Å². The molecule has 2 aromatic carbocycles. The largest absolute Gasteiger partial charge is 0.334 e. The molecule has 0 bridgehead atoms. The molecule has 28 heavy (non-hydrogen) atoms. The van der Waals surface area contributed by atoms with Crippen molar-refractivity contribution >= 4 is 11.7 Å². The lowest BCUT2D eigenvalue weighted by Gasteiger charge is -2.36. The van der Waals surface area contributed by atoms with Gasteiger partial charge in [-0.05, 0) is 31.1 Å². The molecule has 1 saturated heterocycles. The van der Waals surface area contributed by atoms with Crippen molar-refractivity contribution in [3.8, 4) is 0 Å². The maximum atomic E-state index is 12.5. The van der Waals surface area contributed by atoms with Gasteiger partial charge in [0, 0.05) is 32.5 Å². The molecule has 1 fully saturated rings. The van der Waals surface area contributed by atoms with Crippen LogP contribution in [0.5, 0.6) is 0 Å². The third-order valence-electron chi connectivity index (χ3n) is 5.60. The highest BCUT2D eigenvalue weighted by Gasteiger charge is 2.39. The van der Waals surface area contributed by atoms with Crippen molar-refractivity contribution in [2.45, 2.75) is 38.8 Å². The number of hydroxylamine groups is 1. The second-order valence-electron chi connectivity index (χ2n) is 7.82. The Morgan fingerprint density at radius 3 is 2.29 bits per heavy atom. The van der Waals surface area contributed by atoms with Gasteiger partial charge >= 0.3 is 6.03 Å². The van der Waals surface area contributed by atoms with E-state index in [-0.39, 0.29) is 11.6 Å². The summed E-state index contributed by atoms with van der Waals surface area (Å²) in [5.41, 5.74) is 8.47. The molecule has 5 nitrogen and oxygen atoms in total. The maximum Gasteiger partial charge on any atom is 0.317 e. The van der Waals surface area contributed by atoms with Crippen molar-refractivity contribution in [3.05, 3.63) is 76.9 Å². The summed E-state index contributed by atoms with van der Waals surface area (Å²) in [7, 11) is 0. The average molecular weight is 377 g/mol. The van der Waals surface area contributed by atoms with Gasteiger partial charge < -0.3 is 10.2 Å². The number of hydrogen-bond donors (Lipinski definition) is 2. The quantitative estimate of drug-likeness (QED) is 0.852. The number of piperidine rings is 1. The summed E-state index contributed by atoms with van der Waals surface area (Å²) in [5, 5.41) is 3.02. The lowest BCUT2D eigenvalue weighted by molar-refractivity contribution is -0.0639. The van der Waals surface area contributed by atoms with Gasteiger partial charge in [0.15, 0.2) is 0 Å². The van der Waals surface area contributed by atoms with Crippen LogP contribution < -0.4 is 10.8 Å². The summed E-state index contributed by atoms with van der Waals surface area (Å²) < 4.78 is 0. The Morgan fingerprint density at radius 1 is 1.04 bits per heavy atom. The highest BCUT2D eigenvalue weighted by molar-refractivity contribution is 5.74. The van der Waals surface area contributed by atoms with Gasteiger partial charge in [-0.25, -0.2) is 4.79 Å². The van der Waals surface area contributed by atoms with Gasteiger partial charge in [0.25, 0.3) is 0 Å². The van der Waals surface area contributed by atoms with Gasteiger partial charge in [-0.1, -0.05) is 59.7 Å². The first-order valence-electron chi connectivity index (χ1n) is 9.85. The summed E-state index contributed by atoms with van der Waals surface area (Å²) in [6.45, 7) is 6.05. The number of carbonyl (C=O) groups is 1. The molecule has 2 aliphatic rings. The number of amides is 2. The highest BCUT2D eigenvalue weighted by atomic mass is 16.7. The SMILES string of the molecule is Cc1ccc(CNC(=O)N2CCC3(C=C(c4ccc(C)cc4)NO3)CC2)cc1. The lowest BCUT2D eigenvalue weighted by atomic mass is 9.90. The molecule has 0 aromatic heterocycles. The van der Waals surface area contributed by atoms with Crippen molar-refractivity contribution < 1.29 is 9.63 Å². The number of likely N-dealkylation sites (tertiary alicyclic amines) is 1. The van der Waals surface area contributed by atoms with Crippen LogP contribution in [-0.4, -0.2) is 29.6 Å². The third-order valence-corrected chi connectivity index (χ3v) is 5.60. The second-order valence-corrected chi connectivity index (χ2v) is 7.82. The number of aryl methyl sites for hydroxylation is 2. The zero-order valence-corrected chi connectivity index (χ0v) is 16.5. The molecule has 0 saturated carbocycles. The Morgan fingerprint density at radius 2 is 1.64 bits per heavy atom. The van der Waals surface area contributed by atoms with Crippen LogP contribution in [0.4, 0.5) is 4.79 Å². The fourth-order valence-corrected chi connectivity index (χ4v) is 3.68. The molecule has 2 aromatic rings. The van der Waals surface area contributed by atoms with E-state index in [2.05, 4.69) is 79.3 Å². The van der Waals surface area contributed by atoms with Crippen LogP contribution in [0.3, 0.4) is 0 Å². The van der Waals surface area contributed by atoms with E-state index in [1.165, 1.54) is 11.1 Å². The lowest BCUT2D eigenvalue weighted by Crippen LogP contribution is -2.49. The number of nitrogens with one attached hydrogen (secondary N) is 2. The summed E-state index contributed by atoms with van der Waals surface area (Å²) >= 11 is 0. The monoisotopic (exact) mass is 377 g/mol. The normalized spacial score (nSPS) is 17.9. The van der Waals surface area contributed by atoms with Crippen molar-refractivity contribution in [1.29, 1.82) is 0 Å². The van der Waals surface area contributed by atoms with Crippen LogP contribution in [-0.2, 0) is 11.4 Å². The van der Waals surface area contributed by atoms with Crippen molar-refractivity contribution in [2.75, 3.05) is 13.1 Å². The fourth-order valence-electron chi connectivity index (χ4n) is 3.68. The molecule has 2 N–H and O–H groups in total. The summed E-state index contributed by atoms with van der Waals surface area (Å²) in [6.07, 6.45) is 3.75. The Hall–Kier alpha value is -2.79. The molecule has 0 unspecified atom stereocenters. The Labute approximate surface area is 166 Å². The fraction of sp³-hybridized carbons (Fsp3) is 0.348. The number of hydrogen-bond acceptors (Lipinski definition) is 3. The predicted molar refractivity (Wildman–Crippen MR) is 110 cm³/mol. The molecule has 1 spiro atoms. The molecular formula is C23H27N3O2. The van der Waals surface area contributed by atoms with E-state index < -0.39 is 0 Å². The Kier molecular flexibility index (Phi) is 5.09. The third kappa shape index (κ3) is 4.04. The number of benzene rings is 2. The van der Waals surface area contributed by atoms with E-state index in [0.29, 0.717) is 19.6 Å². The highest BCUT2D eigenvalue weighted by Crippen LogP contribution is 2.34. The predicted octanol–water partition coefficient (Wildman–Crippen LogP) is 3.92. The van der Waals surface area contributed by atoms with Gasteiger partial charge in [-0.3, -0.25) is 10.3 Å². The Bertz CT molecular complexity index is 864. The van der Waals surface area contributed by atoms with Crippen molar-refractivity contribution in [1.82, 2.24) is 15.7 Å². The van der Waals surface area contributed by atoms with Gasteiger partial charge in [0.2, 0.25) is 0 Å². The van der Waals surface area contributed by atoms with Crippen LogP contribution >= 0.6 is 0 Å². The topological polar surface area (TPSA) is 53.6 Å². The van der Waals surface area contributed by atoms with Crippen molar-refractivity contribution in [2.24, 2.45) is 0 Å². The van der Waals surface area contributed by atoms with E-state index in [9.17, 15) is 4.79 Å². The van der Waals surface area contributed by atoms with Gasteiger partial charge in [-0.15, -0.1) is 0 Å². The molecular weight excluding hydrogens is 350 g/mol. The standard InChI is InChI=1S/C23H27N3O2/c1-17-3-7-19(8-4-17)16-24-22(27)26-13-11-23(12-14-26)15-21(25-28-23)20-9-5-18(2)6-10-20/h3-10,15,25H,11-14,16H2,1-2H3,(H,24,27). The first kappa shape index (κ1) is 18.6. The number of carbonyl (C=O) groups excluding carboxylic acids is 1. The number of rotatable bonds is 3. The molecule has 2 amide bonds. The van der Waals surface area contributed by atoms with Gasteiger partial charge in [-0.2, -0.15) is 0 Å². The van der Waals surface area contributed by atoms with Crippen LogP contribution in [0.2, 0.25) is 0 Å². The maximum absolute atomic E-state index is 12.5. The average Bonchev–Trinajstić information content (AvgIpc) is 3.12. The van der Waals surface area contributed by atoms with E-state index in [4.69, 9.17) is 4.84 Å². The summed E-state index contributed by atoms with van der Waals surface area (Å²) in [4.78, 5) is 20.3.